The molecule has 0 bridgehead atoms. The molecule has 2 aromatic heterocycles. The maximum atomic E-state index is 12.0. The van der Waals surface area contributed by atoms with Gasteiger partial charge in [-0.2, -0.15) is 0 Å². The third-order valence-corrected chi connectivity index (χ3v) is 4.13. The molecule has 2 aromatic carbocycles. The molecule has 2 heterocycles. The number of benzene rings is 2. The van der Waals surface area contributed by atoms with E-state index in [9.17, 15) is 4.79 Å². The van der Waals surface area contributed by atoms with Crippen molar-refractivity contribution in [1.29, 1.82) is 0 Å². The van der Waals surface area contributed by atoms with Gasteiger partial charge in [0.1, 0.15) is 0 Å². The molecule has 0 amide bonds. The van der Waals surface area contributed by atoms with Crippen LogP contribution in [0.15, 0.2) is 71.4 Å². The van der Waals surface area contributed by atoms with Crippen molar-refractivity contribution in [3.05, 3.63) is 78.3 Å². The quantitative estimate of drug-likeness (QED) is 0.401. The number of carbonyl (C=O) groups excluding carboxylic acids is 1. The average molecular weight is 301 g/mol. The Morgan fingerprint density at radius 2 is 1.83 bits per heavy atom. The van der Waals surface area contributed by atoms with Crippen LogP contribution in [0.4, 0.5) is 0 Å². The molecular formula is C20H15NO2. The summed E-state index contributed by atoms with van der Waals surface area (Å²) in [7, 11) is 2.06. The molecule has 0 saturated carbocycles. The Labute approximate surface area is 133 Å². The lowest BCUT2D eigenvalue weighted by Crippen LogP contribution is -1.90. The molecule has 3 heteroatoms. The van der Waals surface area contributed by atoms with E-state index in [2.05, 4.69) is 41.9 Å². The van der Waals surface area contributed by atoms with Crippen molar-refractivity contribution >= 4 is 33.7 Å². The van der Waals surface area contributed by atoms with Crippen LogP contribution in [0.5, 0.6) is 0 Å². The Balaban J connectivity index is 1.76. The Kier molecular flexibility index (Phi) is 3.12. The standard InChI is InChI=1S/C20H15NO2/c1-21-17-6-3-2-5-15(17)16-10-8-14(13-18(16)21)9-11-19(22)20-7-4-12-23-20/h2-13H,1H3. The van der Waals surface area contributed by atoms with Crippen molar-refractivity contribution < 1.29 is 9.21 Å². The Hall–Kier alpha value is -3.07. The Morgan fingerprint density at radius 3 is 2.65 bits per heavy atom. The van der Waals surface area contributed by atoms with Crippen molar-refractivity contribution in [2.45, 2.75) is 0 Å². The maximum Gasteiger partial charge on any atom is 0.221 e. The predicted molar refractivity (Wildman–Crippen MR) is 92.5 cm³/mol. The topological polar surface area (TPSA) is 35.1 Å². The van der Waals surface area contributed by atoms with Gasteiger partial charge < -0.3 is 8.98 Å². The summed E-state index contributed by atoms with van der Waals surface area (Å²) < 4.78 is 7.28. The summed E-state index contributed by atoms with van der Waals surface area (Å²) in [6.45, 7) is 0. The second-order valence-corrected chi connectivity index (χ2v) is 5.53. The van der Waals surface area contributed by atoms with Crippen LogP contribution in [0, 0.1) is 0 Å². The van der Waals surface area contributed by atoms with Crippen LogP contribution >= 0.6 is 0 Å². The molecule has 4 aromatic rings. The van der Waals surface area contributed by atoms with E-state index in [4.69, 9.17) is 4.42 Å². The number of aromatic nitrogens is 1. The molecule has 4 rings (SSSR count). The van der Waals surface area contributed by atoms with E-state index >= 15 is 0 Å². The van der Waals surface area contributed by atoms with Gasteiger partial charge in [-0.3, -0.25) is 4.79 Å². The van der Waals surface area contributed by atoms with Gasteiger partial charge in [0.25, 0.3) is 0 Å². The molecule has 0 spiro atoms. The molecule has 23 heavy (non-hydrogen) atoms. The second-order valence-electron chi connectivity index (χ2n) is 5.53. The van der Waals surface area contributed by atoms with E-state index in [1.807, 2.05) is 18.2 Å². The van der Waals surface area contributed by atoms with E-state index in [-0.39, 0.29) is 5.78 Å². The summed E-state index contributed by atoms with van der Waals surface area (Å²) in [4.78, 5) is 12.0. The van der Waals surface area contributed by atoms with E-state index < -0.39 is 0 Å². The molecule has 0 unspecified atom stereocenters. The van der Waals surface area contributed by atoms with Gasteiger partial charge in [-0.15, -0.1) is 0 Å². The van der Waals surface area contributed by atoms with Gasteiger partial charge in [0, 0.05) is 28.9 Å². The zero-order valence-corrected chi connectivity index (χ0v) is 12.7. The number of para-hydroxylation sites is 1. The first-order valence-corrected chi connectivity index (χ1v) is 7.47. The summed E-state index contributed by atoms with van der Waals surface area (Å²) in [6, 6.07) is 18.0. The lowest BCUT2D eigenvalue weighted by Gasteiger charge is -1.99. The number of rotatable bonds is 3. The van der Waals surface area contributed by atoms with Gasteiger partial charge >= 0.3 is 0 Å². The van der Waals surface area contributed by atoms with Crippen LogP contribution in [0.25, 0.3) is 27.9 Å². The minimum absolute atomic E-state index is 0.132. The molecule has 0 saturated heterocycles. The molecule has 0 aliphatic heterocycles. The van der Waals surface area contributed by atoms with Crippen LogP contribution < -0.4 is 0 Å². The van der Waals surface area contributed by atoms with E-state index in [0.29, 0.717) is 5.76 Å². The summed E-state index contributed by atoms with van der Waals surface area (Å²) in [6.07, 6.45) is 4.87. The number of hydrogen-bond acceptors (Lipinski definition) is 2. The van der Waals surface area contributed by atoms with Crippen LogP contribution in [-0.4, -0.2) is 10.4 Å². The molecule has 0 fully saturated rings. The first-order valence-electron chi connectivity index (χ1n) is 7.47. The number of carbonyl (C=O) groups is 1. The van der Waals surface area contributed by atoms with E-state index in [0.717, 1.165) is 11.1 Å². The summed E-state index contributed by atoms with van der Waals surface area (Å²) >= 11 is 0. The minimum Gasteiger partial charge on any atom is -0.461 e. The molecule has 0 atom stereocenters. The highest BCUT2D eigenvalue weighted by molar-refractivity contribution is 6.09. The van der Waals surface area contributed by atoms with Crippen LogP contribution in [0.2, 0.25) is 0 Å². The van der Waals surface area contributed by atoms with E-state index in [1.54, 1.807) is 18.2 Å². The number of aryl methyl sites for hydroxylation is 1. The first-order chi connectivity index (χ1) is 11.2. The summed E-state index contributed by atoms with van der Waals surface area (Å²) in [5.41, 5.74) is 3.34. The molecule has 3 nitrogen and oxygen atoms in total. The zero-order chi connectivity index (χ0) is 15.8. The normalized spacial score (nSPS) is 11.7. The van der Waals surface area contributed by atoms with Crippen LogP contribution in [-0.2, 0) is 7.05 Å². The third-order valence-electron chi connectivity index (χ3n) is 4.13. The average Bonchev–Trinajstić information content (AvgIpc) is 3.21. The monoisotopic (exact) mass is 301 g/mol. The van der Waals surface area contributed by atoms with Gasteiger partial charge in [-0.1, -0.05) is 36.4 Å². The fourth-order valence-corrected chi connectivity index (χ4v) is 2.95. The Bertz CT molecular complexity index is 1040. The fraction of sp³-hybridized carbons (Fsp3) is 0.0500. The van der Waals surface area contributed by atoms with E-state index in [1.165, 1.54) is 22.6 Å². The number of allylic oxidation sites excluding steroid dienone is 1. The number of hydrogen-bond donors (Lipinski definition) is 0. The largest absolute Gasteiger partial charge is 0.461 e. The SMILES string of the molecule is Cn1c2ccccc2c2ccc(C=CC(=O)c3ccco3)cc21. The summed E-state index contributed by atoms with van der Waals surface area (Å²) in [5, 5.41) is 2.46. The van der Waals surface area contributed by atoms with Crippen LogP contribution in [0.3, 0.4) is 0 Å². The van der Waals surface area contributed by atoms with Crippen molar-refractivity contribution in [3.8, 4) is 0 Å². The Morgan fingerprint density at radius 1 is 1.00 bits per heavy atom. The molecule has 0 radical (unpaired) electrons. The van der Waals surface area contributed by atoms with Gasteiger partial charge in [0.05, 0.1) is 6.26 Å². The number of furan rings is 1. The molecule has 112 valence electrons. The predicted octanol–water partition coefficient (Wildman–Crippen LogP) is 4.82. The highest BCUT2D eigenvalue weighted by Gasteiger charge is 2.08. The van der Waals surface area contributed by atoms with Gasteiger partial charge in [0.15, 0.2) is 5.76 Å². The smallest absolute Gasteiger partial charge is 0.221 e. The third kappa shape index (κ3) is 2.27. The first kappa shape index (κ1) is 13.6. The zero-order valence-electron chi connectivity index (χ0n) is 12.7. The maximum absolute atomic E-state index is 12.0. The molecule has 0 N–H and O–H groups in total. The summed E-state index contributed by atoms with van der Waals surface area (Å²) in [5.74, 6) is 0.221. The second kappa shape index (κ2) is 5.29. The highest BCUT2D eigenvalue weighted by atomic mass is 16.3. The van der Waals surface area contributed by atoms with Gasteiger partial charge in [-0.05, 0) is 35.9 Å². The van der Waals surface area contributed by atoms with Crippen LogP contribution in [0.1, 0.15) is 16.1 Å². The number of nitrogens with zero attached hydrogens (tertiary/aromatic N) is 1. The molecule has 0 aliphatic carbocycles. The van der Waals surface area contributed by atoms with Crippen molar-refractivity contribution in [2.24, 2.45) is 7.05 Å². The lowest BCUT2D eigenvalue weighted by molar-refractivity contribution is 0.102. The van der Waals surface area contributed by atoms with Gasteiger partial charge in [0.2, 0.25) is 5.78 Å². The van der Waals surface area contributed by atoms with Crippen molar-refractivity contribution in [3.63, 3.8) is 0 Å². The van der Waals surface area contributed by atoms with Crippen molar-refractivity contribution in [2.75, 3.05) is 0 Å². The van der Waals surface area contributed by atoms with Gasteiger partial charge in [-0.25, -0.2) is 0 Å². The highest BCUT2D eigenvalue weighted by Crippen LogP contribution is 2.28. The minimum atomic E-state index is -0.132. The molecule has 0 aliphatic rings. The van der Waals surface area contributed by atoms with Crippen molar-refractivity contribution in [1.82, 2.24) is 4.57 Å². The lowest BCUT2D eigenvalue weighted by atomic mass is 10.1. The number of fused-ring (bicyclic) bond motifs is 3. The number of ketones is 1. The fourth-order valence-electron chi connectivity index (χ4n) is 2.95. The molecular weight excluding hydrogens is 286 g/mol.